The van der Waals surface area contributed by atoms with Gasteiger partial charge in [0.25, 0.3) is 11.6 Å². The van der Waals surface area contributed by atoms with Crippen molar-refractivity contribution in [2.45, 2.75) is 45.3 Å². The molecule has 1 unspecified atom stereocenters. The highest BCUT2D eigenvalue weighted by Gasteiger charge is 2.37. The van der Waals surface area contributed by atoms with Crippen LogP contribution in [0.5, 0.6) is 0 Å². The summed E-state index contributed by atoms with van der Waals surface area (Å²) in [4.78, 5) is 19.6. The highest BCUT2D eigenvalue weighted by Crippen LogP contribution is 2.27. The SMILES string of the molecule is Cc1nc2nc(C(F)(F)F)nn2c(C)c1CCC(=O)NC1CCNC1.Cl. The largest absolute Gasteiger partial charge is 0.453 e. The van der Waals surface area contributed by atoms with Gasteiger partial charge in [-0.3, -0.25) is 4.79 Å². The standard InChI is InChI=1S/C15H19F3N6O.ClH/c1-8-11(3-4-12(25)21-10-5-6-19-7-10)9(2)24-14(20-8)22-13(23-24)15(16,17)18;/h10,19H,3-7H2,1-2H3,(H,21,25);1H. The van der Waals surface area contributed by atoms with Crippen molar-refractivity contribution in [3.05, 3.63) is 22.8 Å². The first-order chi connectivity index (χ1) is 11.8. The van der Waals surface area contributed by atoms with E-state index in [0.717, 1.165) is 24.0 Å². The van der Waals surface area contributed by atoms with Gasteiger partial charge in [-0.1, -0.05) is 0 Å². The fourth-order valence-corrected chi connectivity index (χ4v) is 3.01. The lowest BCUT2D eigenvalue weighted by atomic mass is 10.1. The van der Waals surface area contributed by atoms with Crippen LogP contribution in [0.1, 0.15) is 35.6 Å². The summed E-state index contributed by atoms with van der Waals surface area (Å²) < 4.78 is 39.4. The van der Waals surface area contributed by atoms with Gasteiger partial charge in [-0.25, -0.2) is 9.50 Å². The van der Waals surface area contributed by atoms with Crippen LogP contribution in [0.2, 0.25) is 0 Å². The van der Waals surface area contributed by atoms with Crippen LogP contribution in [0.25, 0.3) is 5.78 Å². The van der Waals surface area contributed by atoms with E-state index in [9.17, 15) is 18.0 Å². The number of hydrogen-bond donors (Lipinski definition) is 2. The van der Waals surface area contributed by atoms with Crippen LogP contribution in [0.3, 0.4) is 0 Å². The van der Waals surface area contributed by atoms with Crippen molar-refractivity contribution in [2.75, 3.05) is 13.1 Å². The lowest BCUT2D eigenvalue weighted by molar-refractivity contribution is -0.144. The van der Waals surface area contributed by atoms with Gasteiger partial charge in [-0.05, 0) is 38.8 Å². The molecule has 1 fully saturated rings. The third kappa shape index (κ3) is 4.24. The van der Waals surface area contributed by atoms with E-state index in [4.69, 9.17) is 0 Å². The van der Waals surface area contributed by atoms with Gasteiger partial charge in [-0.2, -0.15) is 18.2 Å². The van der Waals surface area contributed by atoms with E-state index in [0.29, 0.717) is 23.4 Å². The van der Waals surface area contributed by atoms with Crippen LogP contribution in [0, 0.1) is 13.8 Å². The Balaban J connectivity index is 0.00000243. The number of fused-ring (bicyclic) bond motifs is 1. The molecule has 1 aliphatic rings. The van der Waals surface area contributed by atoms with Crippen molar-refractivity contribution >= 4 is 24.1 Å². The zero-order valence-electron chi connectivity index (χ0n) is 14.4. The van der Waals surface area contributed by atoms with Crippen molar-refractivity contribution in [2.24, 2.45) is 0 Å². The number of alkyl halides is 3. The molecule has 1 saturated heterocycles. The van der Waals surface area contributed by atoms with Crippen LogP contribution in [-0.2, 0) is 17.4 Å². The quantitative estimate of drug-likeness (QED) is 0.825. The smallest absolute Gasteiger partial charge is 0.352 e. The number of rotatable bonds is 4. The van der Waals surface area contributed by atoms with Crippen LogP contribution in [0.4, 0.5) is 13.2 Å². The molecule has 0 aliphatic carbocycles. The maximum absolute atomic E-state index is 12.8. The van der Waals surface area contributed by atoms with E-state index in [1.165, 1.54) is 0 Å². The molecule has 26 heavy (non-hydrogen) atoms. The summed E-state index contributed by atoms with van der Waals surface area (Å²) in [5.74, 6) is -1.39. The van der Waals surface area contributed by atoms with Crippen molar-refractivity contribution in [3.8, 4) is 0 Å². The van der Waals surface area contributed by atoms with Crippen molar-refractivity contribution in [1.29, 1.82) is 0 Å². The fraction of sp³-hybridized carbons (Fsp3) is 0.600. The van der Waals surface area contributed by atoms with Gasteiger partial charge in [0.1, 0.15) is 0 Å². The second-order valence-corrected chi connectivity index (χ2v) is 6.16. The molecule has 144 valence electrons. The first kappa shape index (κ1) is 20.4. The second kappa shape index (κ2) is 7.75. The summed E-state index contributed by atoms with van der Waals surface area (Å²) in [6.45, 7) is 5.00. The molecule has 3 rings (SSSR count). The Kier molecular flexibility index (Phi) is 6.07. The predicted octanol–water partition coefficient (Wildman–Crippen LogP) is 1.59. The molecule has 11 heteroatoms. The molecule has 0 bridgehead atoms. The summed E-state index contributed by atoms with van der Waals surface area (Å²) in [5, 5.41) is 9.62. The molecule has 2 aromatic heterocycles. The monoisotopic (exact) mass is 392 g/mol. The number of halogens is 4. The van der Waals surface area contributed by atoms with Gasteiger partial charge in [0.05, 0.1) is 0 Å². The summed E-state index contributed by atoms with van der Waals surface area (Å²) in [5.41, 5.74) is 1.79. The minimum atomic E-state index is -4.62. The summed E-state index contributed by atoms with van der Waals surface area (Å²) in [6, 6.07) is 0.139. The average Bonchev–Trinajstić information content (AvgIpc) is 3.15. The third-order valence-electron chi connectivity index (χ3n) is 4.33. The number of aryl methyl sites for hydroxylation is 2. The minimum absolute atomic E-state index is 0. The van der Waals surface area contributed by atoms with Gasteiger partial charge >= 0.3 is 6.18 Å². The Labute approximate surface area is 154 Å². The molecule has 1 atom stereocenters. The Morgan fingerprint density at radius 2 is 2.08 bits per heavy atom. The zero-order chi connectivity index (χ0) is 18.2. The number of hydrogen-bond acceptors (Lipinski definition) is 5. The number of nitrogens with zero attached hydrogens (tertiary/aromatic N) is 4. The molecule has 2 N–H and O–H groups in total. The summed E-state index contributed by atoms with van der Waals surface area (Å²) >= 11 is 0. The van der Waals surface area contributed by atoms with Crippen LogP contribution < -0.4 is 10.6 Å². The Bertz CT molecular complexity index is 801. The highest BCUT2D eigenvalue weighted by molar-refractivity contribution is 5.85. The number of aromatic nitrogens is 4. The Morgan fingerprint density at radius 1 is 1.35 bits per heavy atom. The van der Waals surface area contributed by atoms with Gasteiger partial charge in [0, 0.05) is 30.4 Å². The first-order valence-corrected chi connectivity index (χ1v) is 8.06. The predicted molar refractivity (Wildman–Crippen MR) is 90.2 cm³/mol. The van der Waals surface area contributed by atoms with Gasteiger partial charge in [0.15, 0.2) is 0 Å². The lowest BCUT2D eigenvalue weighted by Gasteiger charge is -2.13. The highest BCUT2D eigenvalue weighted by atomic mass is 35.5. The molecule has 1 aliphatic heterocycles. The maximum Gasteiger partial charge on any atom is 0.453 e. The molecular formula is C15H20ClF3N6O. The molecule has 0 spiro atoms. The van der Waals surface area contributed by atoms with E-state index in [1.54, 1.807) is 13.8 Å². The van der Waals surface area contributed by atoms with Gasteiger partial charge < -0.3 is 10.6 Å². The van der Waals surface area contributed by atoms with E-state index in [-0.39, 0.29) is 36.6 Å². The Hall–Kier alpha value is -1.94. The van der Waals surface area contributed by atoms with Crippen LogP contribution in [0.15, 0.2) is 0 Å². The first-order valence-electron chi connectivity index (χ1n) is 8.06. The molecule has 7 nitrogen and oxygen atoms in total. The molecule has 2 aromatic rings. The topological polar surface area (TPSA) is 84.2 Å². The molecule has 0 saturated carbocycles. The molecular weight excluding hydrogens is 373 g/mol. The van der Waals surface area contributed by atoms with Crippen molar-refractivity contribution < 1.29 is 18.0 Å². The second-order valence-electron chi connectivity index (χ2n) is 6.16. The zero-order valence-corrected chi connectivity index (χ0v) is 15.2. The number of carbonyl (C=O) groups is 1. The number of carbonyl (C=O) groups excluding carboxylic acids is 1. The van der Waals surface area contributed by atoms with E-state index >= 15 is 0 Å². The van der Waals surface area contributed by atoms with E-state index < -0.39 is 12.0 Å². The number of nitrogens with one attached hydrogen (secondary N) is 2. The summed E-state index contributed by atoms with van der Waals surface area (Å²) in [7, 11) is 0. The van der Waals surface area contributed by atoms with E-state index in [1.807, 2.05) is 0 Å². The van der Waals surface area contributed by atoms with Gasteiger partial charge in [0.2, 0.25) is 5.91 Å². The van der Waals surface area contributed by atoms with E-state index in [2.05, 4.69) is 25.7 Å². The summed E-state index contributed by atoms with van der Waals surface area (Å²) in [6.07, 6.45) is -3.10. The fourth-order valence-electron chi connectivity index (χ4n) is 3.01. The van der Waals surface area contributed by atoms with Crippen molar-refractivity contribution in [3.63, 3.8) is 0 Å². The van der Waals surface area contributed by atoms with Crippen molar-refractivity contribution in [1.82, 2.24) is 30.2 Å². The minimum Gasteiger partial charge on any atom is -0.352 e. The lowest BCUT2D eigenvalue weighted by Crippen LogP contribution is -2.36. The molecule has 3 heterocycles. The molecule has 0 aromatic carbocycles. The third-order valence-corrected chi connectivity index (χ3v) is 4.33. The Morgan fingerprint density at radius 3 is 2.69 bits per heavy atom. The van der Waals surface area contributed by atoms with Crippen LogP contribution >= 0.6 is 12.4 Å². The number of amides is 1. The average molecular weight is 393 g/mol. The van der Waals surface area contributed by atoms with Crippen LogP contribution in [-0.4, -0.2) is 44.6 Å². The normalized spacial score (nSPS) is 17.3. The molecule has 0 radical (unpaired) electrons. The maximum atomic E-state index is 12.8. The van der Waals surface area contributed by atoms with Gasteiger partial charge in [-0.15, -0.1) is 17.5 Å². The molecule has 1 amide bonds.